The van der Waals surface area contributed by atoms with Crippen LogP contribution in [0.2, 0.25) is 0 Å². The normalized spacial score (nSPS) is 19.6. The summed E-state index contributed by atoms with van der Waals surface area (Å²) in [6.07, 6.45) is -0.184. The fourth-order valence-electron chi connectivity index (χ4n) is 4.06. The van der Waals surface area contributed by atoms with Crippen molar-refractivity contribution in [3.8, 4) is 0 Å². The first-order valence-corrected chi connectivity index (χ1v) is 11.1. The Balaban J connectivity index is 0.000000271. The van der Waals surface area contributed by atoms with Crippen LogP contribution in [0.15, 0.2) is 24.5 Å². The number of alkyl halides is 6. The van der Waals surface area contributed by atoms with E-state index in [4.69, 9.17) is 19.8 Å². The number of carbonyl (C=O) groups is 3. The molecule has 36 heavy (non-hydrogen) atoms. The first-order valence-electron chi connectivity index (χ1n) is 11.1. The van der Waals surface area contributed by atoms with Gasteiger partial charge in [-0.3, -0.25) is 9.78 Å². The number of halogens is 6. The third-order valence-electron chi connectivity index (χ3n) is 6.25. The smallest absolute Gasteiger partial charge is 0.475 e. The molecule has 0 atom stereocenters. The highest BCUT2D eigenvalue weighted by Gasteiger charge is 2.43. The number of amides is 1. The molecule has 0 bridgehead atoms. The number of hydrogen-bond acceptors (Lipinski definition) is 5. The molecular weight excluding hydrogens is 500 g/mol. The molecule has 4 rings (SSSR count). The number of carboxylic acids is 2. The van der Waals surface area contributed by atoms with Crippen molar-refractivity contribution in [3.63, 3.8) is 0 Å². The van der Waals surface area contributed by atoms with Gasteiger partial charge in [-0.25, -0.2) is 9.59 Å². The van der Waals surface area contributed by atoms with Crippen molar-refractivity contribution in [2.24, 2.45) is 11.3 Å². The molecule has 2 aliphatic heterocycles. The number of nitrogens with zero attached hydrogens (tertiary/aromatic N) is 3. The van der Waals surface area contributed by atoms with Crippen LogP contribution in [0.1, 0.15) is 42.5 Å². The maximum Gasteiger partial charge on any atom is 0.490 e. The molecule has 2 N–H and O–H groups in total. The molecule has 8 nitrogen and oxygen atoms in total. The van der Waals surface area contributed by atoms with Crippen molar-refractivity contribution in [2.45, 2.75) is 44.5 Å². The minimum atomic E-state index is -5.08. The van der Waals surface area contributed by atoms with Gasteiger partial charge in [-0.05, 0) is 68.7 Å². The molecular formula is C22H27F6N3O5. The summed E-state index contributed by atoms with van der Waals surface area (Å²) in [6, 6.07) is 3.72. The quantitative estimate of drug-likeness (QED) is 0.577. The van der Waals surface area contributed by atoms with E-state index in [1.165, 1.54) is 51.7 Å². The molecule has 0 radical (unpaired) electrons. The van der Waals surface area contributed by atoms with Crippen molar-refractivity contribution in [2.75, 3.05) is 32.7 Å². The molecule has 1 saturated carbocycles. The summed E-state index contributed by atoms with van der Waals surface area (Å²) in [5.74, 6) is -4.37. The number of aromatic nitrogens is 1. The number of hydrogen-bond donors (Lipinski definition) is 2. The van der Waals surface area contributed by atoms with Crippen LogP contribution in [0.4, 0.5) is 26.3 Å². The molecule has 202 valence electrons. The van der Waals surface area contributed by atoms with Crippen LogP contribution in [-0.4, -0.2) is 87.9 Å². The predicted octanol–water partition coefficient (Wildman–Crippen LogP) is 3.69. The number of pyridine rings is 1. The number of piperidine rings is 1. The van der Waals surface area contributed by atoms with E-state index >= 15 is 0 Å². The van der Waals surface area contributed by atoms with Gasteiger partial charge < -0.3 is 20.0 Å². The fourth-order valence-corrected chi connectivity index (χ4v) is 4.06. The summed E-state index contributed by atoms with van der Waals surface area (Å²) in [5, 5.41) is 14.2. The van der Waals surface area contributed by atoms with Crippen molar-refractivity contribution >= 4 is 17.8 Å². The summed E-state index contributed by atoms with van der Waals surface area (Å²) < 4.78 is 63.5. The van der Waals surface area contributed by atoms with Crippen LogP contribution in [0.5, 0.6) is 0 Å². The van der Waals surface area contributed by atoms with Crippen LogP contribution in [-0.2, 0) is 9.59 Å². The number of carbonyl (C=O) groups excluding carboxylic acids is 1. The minimum Gasteiger partial charge on any atom is -0.475 e. The lowest BCUT2D eigenvalue weighted by atomic mass is 9.77. The van der Waals surface area contributed by atoms with Gasteiger partial charge in [0.15, 0.2) is 0 Å². The Morgan fingerprint density at radius 3 is 1.86 bits per heavy atom. The van der Waals surface area contributed by atoms with E-state index in [9.17, 15) is 31.1 Å². The van der Waals surface area contributed by atoms with Gasteiger partial charge in [-0.1, -0.05) is 0 Å². The van der Waals surface area contributed by atoms with Gasteiger partial charge in [0, 0.05) is 32.0 Å². The van der Waals surface area contributed by atoms with E-state index in [2.05, 4.69) is 9.88 Å². The summed E-state index contributed by atoms with van der Waals surface area (Å²) in [6.45, 7) is 5.62. The van der Waals surface area contributed by atoms with Gasteiger partial charge in [-0.2, -0.15) is 26.3 Å². The van der Waals surface area contributed by atoms with Crippen LogP contribution in [0, 0.1) is 11.3 Å². The van der Waals surface area contributed by atoms with E-state index in [1.54, 1.807) is 12.4 Å². The van der Waals surface area contributed by atoms with Gasteiger partial charge in [0.1, 0.15) is 0 Å². The zero-order valence-corrected chi connectivity index (χ0v) is 19.2. The van der Waals surface area contributed by atoms with E-state index in [-0.39, 0.29) is 5.91 Å². The SMILES string of the molecule is O=C(O)C(F)(F)F.O=C(O)C(F)(F)F.O=C(c1cccnc1)N1CCC2(CCN(CC3CC3)CC2)C1. The number of rotatable bonds is 3. The average Bonchev–Trinajstić information content (AvgIpc) is 3.53. The van der Waals surface area contributed by atoms with Crippen molar-refractivity contribution in [1.82, 2.24) is 14.8 Å². The summed E-state index contributed by atoms with van der Waals surface area (Å²) >= 11 is 0. The number of carboxylic acid groups (broad SMARTS) is 2. The molecule has 3 fully saturated rings. The topological polar surface area (TPSA) is 111 Å². The van der Waals surface area contributed by atoms with Gasteiger partial charge in [0.2, 0.25) is 0 Å². The fraction of sp³-hybridized carbons (Fsp3) is 0.636. The van der Waals surface area contributed by atoms with Gasteiger partial charge in [0.25, 0.3) is 5.91 Å². The molecule has 2 saturated heterocycles. The molecule has 1 aromatic heterocycles. The first kappa shape index (κ1) is 29.3. The van der Waals surface area contributed by atoms with Crippen molar-refractivity contribution in [1.29, 1.82) is 0 Å². The van der Waals surface area contributed by atoms with Gasteiger partial charge >= 0.3 is 24.3 Å². The monoisotopic (exact) mass is 527 g/mol. The first-order chi connectivity index (χ1) is 16.6. The third-order valence-corrected chi connectivity index (χ3v) is 6.25. The average molecular weight is 527 g/mol. The van der Waals surface area contributed by atoms with E-state index in [0.29, 0.717) is 5.41 Å². The molecule has 14 heteroatoms. The zero-order chi connectivity index (χ0) is 27.1. The van der Waals surface area contributed by atoms with Gasteiger partial charge in [-0.15, -0.1) is 0 Å². The Kier molecular flexibility index (Phi) is 9.69. The standard InChI is InChI=1S/C18H25N3O.2C2HF3O2/c22-17(16-2-1-8-19-12-16)21-11-7-18(14-21)5-9-20(10-6-18)13-15-3-4-15;2*3-2(4,5)1(6)7/h1-2,8,12,15H,3-7,9-11,13-14H2;2*(H,6,7). The highest BCUT2D eigenvalue weighted by Crippen LogP contribution is 2.41. The van der Waals surface area contributed by atoms with Crippen molar-refractivity contribution in [3.05, 3.63) is 30.1 Å². The molecule has 1 spiro atoms. The second-order valence-corrected chi connectivity index (χ2v) is 9.07. The molecule has 0 aromatic carbocycles. The molecule has 0 unspecified atom stereocenters. The lowest BCUT2D eigenvalue weighted by Crippen LogP contribution is -2.42. The molecule has 1 amide bonds. The van der Waals surface area contributed by atoms with E-state index in [1.807, 2.05) is 17.0 Å². The maximum absolute atomic E-state index is 12.6. The second kappa shape index (κ2) is 11.9. The van der Waals surface area contributed by atoms with Crippen LogP contribution in [0.3, 0.4) is 0 Å². The predicted molar refractivity (Wildman–Crippen MR) is 113 cm³/mol. The Labute approximate surface area is 202 Å². The number of aliphatic carboxylic acids is 2. The lowest BCUT2D eigenvalue weighted by Gasteiger charge is -2.39. The van der Waals surface area contributed by atoms with Crippen LogP contribution in [0.25, 0.3) is 0 Å². The molecule has 1 aromatic rings. The summed E-state index contributed by atoms with van der Waals surface area (Å²) in [7, 11) is 0. The lowest BCUT2D eigenvalue weighted by molar-refractivity contribution is -0.193. The van der Waals surface area contributed by atoms with Crippen LogP contribution < -0.4 is 0 Å². The van der Waals surface area contributed by atoms with E-state index in [0.717, 1.165) is 24.6 Å². The Bertz CT molecular complexity index is 874. The Hall–Kier alpha value is -2.90. The molecule has 3 aliphatic rings. The minimum absolute atomic E-state index is 0.158. The Morgan fingerprint density at radius 1 is 0.944 bits per heavy atom. The number of likely N-dealkylation sites (tertiary alicyclic amines) is 2. The van der Waals surface area contributed by atoms with Gasteiger partial charge in [0.05, 0.1) is 5.56 Å². The third kappa shape index (κ3) is 9.28. The highest BCUT2D eigenvalue weighted by atomic mass is 19.4. The van der Waals surface area contributed by atoms with Crippen LogP contribution >= 0.6 is 0 Å². The summed E-state index contributed by atoms with van der Waals surface area (Å²) in [4.78, 5) is 39.1. The summed E-state index contributed by atoms with van der Waals surface area (Å²) in [5.41, 5.74) is 1.11. The largest absolute Gasteiger partial charge is 0.490 e. The zero-order valence-electron chi connectivity index (χ0n) is 19.2. The Morgan fingerprint density at radius 2 is 1.44 bits per heavy atom. The van der Waals surface area contributed by atoms with E-state index < -0.39 is 24.3 Å². The second-order valence-electron chi connectivity index (χ2n) is 9.07. The molecule has 3 heterocycles. The maximum atomic E-state index is 12.6. The molecule has 1 aliphatic carbocycles. The van der Waals surface area contributed by atoms with Crippen molar-refractivity contribution < 1.29 is 50.9 Å². The highest BCUT2D eigenvalue weighted by molar-refractivity contribution is 5.94.